The molecule has 158 valence electrons. The van der Waals surface area contributed by atoms with Gasteiger partial charge in [0.15, 0.2) is 5.43 Å². The minimum atomic E-state index is -0.0723. The molecule has 0 fully saturated rings. The molecule has 0 aliphatic carbocycles. The fraction of sp³-hybridized carbons (Fsp3) is 0.0800. The maximum atomic E-state index is 12.9. The first-order valence-corrected chi connectivity index (χ1v) is 10.4. The van der Waals surface area contributed by atoms with Crippen molar-refractivity contribution in [3.8, 4) is 11.4 Å². The molecule has 5 rings (SSSR count). The van der Waals surface area contributed by atoms with Crippen molar-refractivity contribution in [1.29, 1.82) is 0 Å². The zero-order valence-corrected chi connectivity index (χ0v) is 17.7. The average molecular weight is 444 g/mol. The number of nitrogens with zero attached hydrogens (tertiary/aromatic N) is 3. The van der Waals surface area contributed by atoms with Crippen LogP contribution in [0.25, 0.3) is 16.7 Å². The van der Waals surface area contributed by atoms with Gasteiger partial charge in [-0.05, 0) is 35.9 Å². The fourth-order valence-electron chi connectivity index (χ4n) is 3.41. The molecule has 0 aliphatic heterocycles. The number of hydrogen-bond acceptors (Lipinski definition) is 5. The summed E-state index contributed by atoms with van der Waals surface area (Å²) in [7, 11) is 0. The van der Waals surface area contributed by atoms with Crippen LogP contribution >= 0.6 is 11.6 Å². The van der Waals surface area contributed by atoms with Gasteiger partial charge in [0.25, 0.3) is 0 Å². The van der Waals surface area contributed by atoms with E-state index in [1.165, 1.54) is 6.26 Å². The molecular weight excluding hydrogens is 426 g/mol. The van der Waals surface area contributed by atoms with E-state index in [-0.39, 0.29) is 5.43 Å². The highest BCUT2D eigenvalue weighted by Crippen LogP contribution is 2.21. The minimum Gasteiger partial charge on any atom is -0.489 e. The molecule has 0 atom stereocenters. The lowest BCUT2D eigenvalue weighted by molar-refractivity contribution is 0.306. The molecule has 7 heteroatoms. The van der Waals surface area contributed by atoms with Crippen LogP contribution in [0, 0.1) is 0 Å². The molecule has 6 nitrogen and oxygen atoms in total. The van der Waals surface area contributed by atoms with Crippen LogP contribution in [0.3, 0.4) is 0 Å². The molecule has 5 aromatic rings. The van der Waals surface area contributed by atoms with Crippen LogP contribution in [0.5, 0.6) is 5.75 Å². The van der Waals surface area contributed by atoms with Crippen LogP contribution in [0.2, 0.25) is 5.15 Å². The summed E-state index contributed by atoms with van der Waals surface area (Å²) in [6.45, 7) is 0.351. The number of fused-ring (bicyclic) bond motifs is 1. The normalized spacial score (nSPS) is 11.0. The number of benzene rings is 2. The van der Waals surface area contributed by atoms with Crippen molar-refractivity contribution in [3.63, 3.8) is 0 Å². The SMILES string of the molecule is O=c1c(Cc2ccc(Cl)nc2)coc2cc(OCc3cnn(-c4ccccc4)c3)ccc12. The second-order valence-electron chi connectivity index (χ2n) is 7.33. The molecule has 2 aromatic carbocycles. The lowest BCUT2D eigenvalue weighted by Gasteiger charge is -2.07. The van der Waals surface area contributed by atoms with E-state index >= 15 is 0 Å². The molecular formula is C25H18ClN3O3. The summed E-state index contributed by atoms with van der Waals surface area (Å²) in [6.07, 6.45) is 7.27. The van der Waals surface area contributed by atoms with Crippen LogP contribution in [-0.2, 0) is 13.0 Å². The second-order valence-corrected chi connectivity index (χ2v) is 7.72. The van der Waals surface area contributed by atoms with E-state index in [9.17, 15) is 4.79 Å². The third-order valence-electron chi connectivity index (χ3n) is 5.06. The topological polar surface area (TPSA) is 70.2 Å². The molecule has 3 aromatic heterocycles. The van der Waals surface area contributed by atoms with Crippen LogP contribution in [-0.4, -0.2) is 14.8 Å². The number of ether oxygens (including phenoxy) is 1. The van der Waals surface area contributed by atoms with Gasteiger partial charge < -0.3 is 9.15 Å². The van der Waals surface area contributed by atoms with E-state index in [2.05, 4.69) is 10.1 Å². The van der Waals surface area contributed by atoms with Crippen LogP contribution in [0.1, 0.15) is 16.7 Å². The quantitative estimate of drug-likeness (QED) is 0.337. The molecule has 0 spiro atoms. The number of hydrogen-bond donors (Lipinski definition) is 0. The lowest BCUT2D eigenvalue weighted by Crippen LogP contribution is -2.09. The van der Waals surface area contributed by atoms with E-state index in [1.807, 2.05) is 42.6 Å². The standard InChI is InChI=1S/C25H18ClN3O3/c26-24-9-6-17(12-27-24)10-19-16-32-23-11-21(7-8-22(23)25(19)30)31-15-18-13-28-29(14-18)20-4-2-1-3-5-20/h1-9,11-14,16H,10,15H2. The van der Waals surface area contributed by atoms with E-state index in [1.54, 1.807) is 41.3 Å². The Hall–Kier alpha value is -3.90. The molecule has 0 amide bonds. The Morgan fingerprint density at radius 2 is 1.88 bits per heavy atom. The summed E-state index contributed by atoms with van der Waals surface area (Å²) in [5, 5.41) is 5.30. The van der Waals surface area contributed by atoms with Gasteiger partial charge in [-0.2, -0.15) is 5.10 Å². The van der Waals surface area contributed by atoms with E-state index < -0.39 is 0 Å². The monoisotopic (exact) mass is 443 g/mol. The molecule has 0 saturated carbocycles. The highest BCUT2D eigenvalue weighted by molar-refractivity contribution is 6.29. The Kier molecular flexibility index (Phi) is 5.44. The summed E-state index contributed by atoms with van der Waals surface area (Å²) in [5.74, 6) is 0.614. The zero-order chi connectivity index (χ0) is 21.9. The zero-order valence-electron chi connectivity index (χ0n) is 16.9. The molecule has 0 bridgehead atoms. The first-order valence-electron chi connectivity index (χ1n) is 10.0. The smallest absolute Gasteiger partial charge is 0.196 e. The van der Waals surface area contributed by atoms with Crippen molar-refractivity contribution in [3.05, 3.63) is 118 Å². The third kappa shape index (κ3) is 4.26. The van der Waals surface area contributed by atoms with Crippen molar-refractivity contribution in [2.75, 3.05) is 0 Å². The van der Waals surface area contributed by atoms with E-state index in [4.69, 9.17) is 20.8 Å². The van der Waals surface area contributed by atoms with Crippen molar-refractivity contribution < 1.29 is 9.15 Å². The Labute approximate surface area is 188 Å². The number of aromatic nitrogens is 3. The van der Waals surface area contributed by atoms with Gasteiger partial charge >= 0.3 is 0 Å². The van der Waals surface area contributed by atoms with Crippen molar-refractivity contribution >= 4 is 22.6 Å². The first-order chi connectivity index (χ1) is 15.7. The highest BCUT2D eigenvalue weighted by atomic mass is 35.5. The maximum Gasteiger partial charge on any atom is 0.196 e. The molecule has 0 aliphatic rings. The number of pyridine rings is 1. The molecule has 0 radical (unpaired) electrons. The van der Waals surface area contributed by atoms with Gasteiger partial charge in [0.05, 0.1) is 23.5 Å². The van der Waals surface area contributed by atoms with Crippen molar-refractivity contribution in [1.82, 2.24) is 14.8 Å². The molecule has 3 heterocycles. The number of halogens is 1. The summed E-state index contributed by atoms with van der Waals surface area (Å²) in [6, 6.07) is 18.6. The van der Waals surface area contributed by atoms with Gasteiger partial charge in [-0.25, -0.2) is 9.67 Å². The van der Waals surface area contributed by atoms with Gasteiger partial charge in [0.2, 0.25) is 0 Å². The van der Waals surface area contributed by atoms with Crippen LogP contribution < -0.4 is 10.2 Å². The maximum absolute atomic E-state index is 12.9. The largest absolute Gasteiger partial charge is 0.489 e. The fourth-order valence-corrected chi connectivity index (χ4v) is 3.53. The van der Waals surface area contributed by atoms with Gasteiger partial charge in [-0.1, -0.05) is 35.9 Å². The Morgan fingerprint density at radius 3 is 2.69 bits per heavy atom. The predicted octanol–water partition coefficient (Wildman–Crippen LogP) is 5.20. The van der Waals surface area contributed by atoms with Gasteiger partial charge in [-0.3, -0.25) is 4.79 Å². The molecule has 32 heavy (non-hydrogen) atoms. The summed E-state index contributed by atoms with van der Waals surface area (Å²) < 4.78 is 13.4. The number of para-hydroxylation sites is 1. The summed E-state index contributed by atoms with van der Waals surface area (Å²) >= 11 is 5.83. The summed E-state index contributed by atoms with van der Waals surface area (Å²) in [5.41, 5.74) is 3.77. The summed E-state index contributed by atoms with van der Waals surface area (Å²) in [4.78, 5) is 16.9. The van der Waals surface area contributed by atoms with Crippen molar-refractivity contribution in [2.24, 2.45) is 0 Å². The van der Waals surface area contributed by atoms with Gasteiger partial charge in [-0.15, -0.1) is 0 Å². The van der Waals surface area contributed by atoms with Gasteiger partial charge in [0.1, 0.15) is 23.1 Å². The molecule has 0 saturated heterocycles. The Morgan fingerprint density at radius 1 is 1.00 bits per heavy atom. The van der Waals surface area contributed by atoms with Gasteiger partial charge in [0, 0.05) is 36.0 Å². The second kappa shape index (κ2) is 8.69. The van der Waals surface area contributed by atoms with E-state index in [0.29, 0.717) is 40.5 Å². The average Bonchev–Trinajstić information content (AvgIpc) is 3.31. The third-order valence-corrected chi connectivity index (χ3v) is 5.29. The minimum absolute atomic E-state index is 0.0723. The Balaban J connectivity index is 1.31. The molecule has 0 unspecified atom stereocenters. The van der Waals surface area contributed by atoms with Crippen LogP contribution in [0.4, 0.5) is 0 Å². The predicted molar refractivity (Wildman–Crippen MR) is 122 cm³/mol. The van der Waals surface area contributed by atoms with Crippen LogP contribution in [0.15, 0.2) is 94.7 Å². The number of rotatable bonds is 6. The molecule has 0 N–H and O–H groups in total. The van der Waals surface area contributed by atoms with E-state index in [0.717, 1.165) is 16.8 Å². The Bertz CT molecular complexity index is 1430. The first kappa shape index (κ1) is 20.0. The van der Waals surface area contributed by atoms with Crippen molar-refractivity contribution in [2.45, 2.75) is 13.0 Å². The highest BCUT2D eigenvalue weighted by Gasteiger charge is 2.10. The lowest BCUT2D eigenvalue weighted by atomic mass is 10.1.